The highest BCUT2D eigenvalue weighted by molar-refractivity contribution is 5.95. The molecule has 2 aliphatic heterocycles. The monoisotopic (exact) mass is 277 g/mol. The zero-order chi connectivity index (χ0) is 13.9. The number of aliphatic hydroxyl groups excluding tert-OH is 1. The van der Waals surface area contributed by atoms with Gasteiger partial charge in [-0.05, 0) is 37.0 Å². The van der Waals surface area contributed by atoms with E-state index in [-0.39, 0.29) is 18.4 Å². The Morgan fingerprint density at radius 2 is 2.10 bits per heavy atom. The van der Waals surface area contributed by atoms with E-state index in [0.717, 1.165) is 19.4 Å². The van der Waals surface area contributed by atoms with Crippen molar-refractivity contribution in [2.24, 2.45) is 5.92 Å². The van der Waals surface area contributed by atoms with E-state index in [2.05, 4.69) is 0 Å². The fraction of sp³-hybridized carbons (Fsp3) is 0.533. The highest BCUT2D eigenvalue weighted by Crippen LogP contribution is 2.31. The summed E-state index contributed by atoms with van der Waals surface area (Å²) in [7, 11) is 0. The number of rotatable bonds is 2. The minimum atomic E-state index is 0.000114. The third-order valence-electron chi connectivity index (χ3n) is 3.85. The molecular formula is C15H19NO4. The number of fused-ring (bicyclic) bond motifs is 1. The largest absolute Gasteiger partial charge is 0.486 e. The van der Waals surface area contributed by atoms with Gasteiger partial charge in [0.25, 0.3) is 5.91 Å². The van der Waals surface area contributed by atoms with Gasteiger partial charge in [-0.1, -0.05) is 0 Å². The number of likely N-dealkylation sites (tertiary alicyclic amines) is 1. The Hall–Kier alpha value is -1.75. The van der Waals surface area contributed by atoms with Gasteiger partial charge in [0, 0.05) is 25.3 Å². The van der Waals surface area contributed by atoms with E-state index in [4.69, 9.17) is 9.47 Å². The second-order valence-corrected chi connectivity index (χ2v) is 5.30. The van der Waals surface area contributed by atoms with Crippen LogP contribution in [0.4, 0.5) is 0 Å². The van der Waals surface area contributed by atoms with Crippen LogP contribution < -0.4 is 9.47 Å². The SMILES string of the molecule is O=C(c1ccc2c(c1)OCCO2)N1CCCC(CO)C1. The van der Waals surface area contributed by atoms with Gasteiger partial charge in [-0.3, -0.25) is 4.79 Å². The molecule has 1 atom stereocenters. The molecule has 1 amide bonds. The molecule has 1 saturated heterocycles. The average Bonchev–Trinajstić information content (AvgIpc) is 2.53. The number of carbonyl (C=O) groups excluding carboxylic acids is 1. The lowest BCUT2D eigenvalue weighted by molar-refractivity contribution is 0.0619. The maximum absolute atomic E-state index is 12.5. The standard InChI is InChI=1S/C15H19NO4/c17-10-11-2-1-5-16(9-11)15(18)12-3-4-13-14(8-12)20-7-6-19-13/h3-4,8,11,17H,1-2,5-7,9-10H2. The molecule has 1 aromatic rings. The summed E-state index contributed by atoms with van der Waals surface area (Å²) in [5.41, 5.74) is 0.618. The van der Waals surface area contributed by atoms with Gasteiger partial charge in [-0.15, -0.1) is 0 Å². The summed E-state index contributed by atoms with van der Waals surface area (Å²) in [4.78, 5) is 14.3. The van der Waals surface area contributed by atoms with Gasteiger partial charge < -0.3 is 19.5 Å². The molecule has 20 heavy (non-hydrogen) atoms. The predicted octanol–water partition coefficient (Wildman–Crippen LogP) is 1.30. The minimum Gasteiger partial charge on any atom is -0.486 e. The van der Waals surface area contributed by atoms with E-state index < -0.39 is 0 Å². The van der Waals surface area contributed by atoms with Crippen molar-refractivity contribution in [3.8, 4) is 11.5 Å². The number of benzene rings is 1. The third kappa shape index (κ3) is 2.58. The van der Waals surface area contributed by atoms with Crippen molar-refractivity contribution < 1.29 is 19.4 Å². The lowest BCUT2D eigenvalue weighted by Crippen LogP contribution is -2.40. The zero-order valence-electron chi connectivity index (χ0n) is 11.4. The Kier molecular flexibility index (Phi) is 3.78. The molecular weight excluding hydrogens is 258 g/mol. The van der Waals surface area contributed by atoms with E-state index in [0.29, 0.717) is 36.8 Å². The van der Waals surface area contributed by atoms with Crippen molar-refractivity contribution in [3.63, 3.8) is 0 Å². The Morgan fingerprint density at radius 1 is 1.30 bits per heavy atom. The highest BCUT2D eigenvalue weighted by atomic mass is 16.6. The number of nitrogens with zero attached hydrogens (tertiary/aromatic N) is 1. The molecule has 0 saturated carbocycles. The number of amides is 1. The fourth-order valence-corrected chi connectivity index (χ4v) is 2.76. The highest BCUT2D eigenvalue weighted by Gasteiger charge is 2.25. The van der Waals surface area contributed by atoms with Gasteiger partial charge in [0.05, 0.1) is 0 Å². The summed E-state index contributed by atoms with van der Waals surface area (Å²) in [6.45, 7) is 2.59. The summed E-state index contributed by atoms with van der Waals surface area (Å²) in [5.74, 6) is 1.53. The Labute approximate surface area is 118 Å². The van der Waals surface area contributed by atoms with Crippen molar-refractivity contribution in [2.75, 3.05) is 32.9 Å². The van der Waals surface area contributed by atoms with E-state index in [9.17, 15) is 9.90 Å². The van der Waals surface area contributed by atoms with Gasteiger partial charge in [0.15, 0.2) is 11.5 Å². The molecule has 0 aromatic heterocycles. The molecule has 1 N–H and O–H groups in total. The van der Waals surface area contributed by atoms with Crippen molar-refractivity contribution in [3.05, 3.63) is 23.8 Å². The maximum Gasteiger partial charge on any atom is 0.254 e. The molecule has 2 heterocycles. The van der Waals surface area contributed by atoms with Crippen LogP contribution in [0.3, 0.4) is 0 Å². The van der Waals surface area contributed by atoms with Crippen LogP contribution in [0.15, 0.2) is 18.2 Å². The number of carbonyl (C=O) groups is 1. The van der Waals surface area contributed by atoms with Crippen LogP contribution in [-0.4, -0.2) is 48.8 Å². The van der Waals surface area contributed by atoms with Crippen LogP contribution in [0.1, 0.15) is 23.2 Å². The van der Waals surface area contributed by atoms with Gasteiger partial charge in [0.2, 0.25) is 0 Å². The number of piperidine rings is 1. The molecule has 3 rings (SSSR count). The lowest BCUT2D eigenvalue weighted by Gasteiger charge is -2.32. The van der Waals surface area contributed by atoms with Crippen LogP contribution >= 0.6 is 0 Å². The minimum absolute atomic E-state index is 0.000114. The van der Waals surface area contributed by atoms with Gasteiger partial charge >= 0.3 is 0 Å². The predicted molar refractivity (Wildman–Crippen MR) is 73.1 cm³/mol. The molecule has 2 aliphatic rings. The molecule has 5 nitrogen and oxygen atoms in total. The van der Waals surface area contributed by atoms with E-state index in [1.807, 2.05) is 4.90 Å². The zero-order valence-corrected chi connectivity index (χ0v) is 11.4. The number of aliphatic hydroxyl groups is 1. The van der Waals surface area contributed by atoms with Crippen molar-refractivity contribution >= 4 is 5.91 Å². The van der Waals surface area contributed by atoms with E-state index in [1.54, 1.807) is 18.2 Å². The van der Waals surface area contributed by atoms with E-state index in [1.165, 1.54) is 0 Å². The summed E-state index contributed by atoms with van der Waals surface area (Å²) >= 11 is 0. The molecule has 1 aromatic carbocycles. The first kappa shape index (κ1) is 13.2. The summed E-state index contributed by atoms with van der Waals surface area (Å²) in [6.07, 6.45) is 1.93. The topological polar surface area (TPSA) is 59.0 Å². The number of hydrogen-bond acceptors (Lipinski definition) is 4. The average molecular weight is 277 g/mol. The molecule has 0 radical (unpaired) electrons. The van der Waals surface area contributed by atoms with E-state index >= 15 is 0 Å². The van der Waals surface area contributed by atoms with Gasteiger partial charge in [0.1, 0.15) is 13.2 Å². The smallest absolute Gasteiger partial charge is 0.254 e. The molecule has 1 fully saturated rings. The first-order valence-electron chi connectivity index (χ1n) is 7.07. The summed E-state index contributed by atoms with van der Waals surface area (Å²) < 4.78 is 11.0. The second-order valence-electron chi connectivity index (χ2n) is 5.30. The number of ether oxygens (including phenoxy) is 2. The molecule has 1 unspecified atom stereocenters. The van der Waals surface area contributed by atoms with Crippen molar-refractivity contribution in [1.82, 2.24) is 4.90 Å². The van der Waals surface area contributed by atoms with Crippen LogP contribution in [-0.2, 0) is 0 Å². The Morgan fingerprint density at radius 3 is 2.90 bits per heavy atom. The molecule has 0 bridgehead atoms. The van der Waals surface area contributed by atoms with Gasteiger partial charge in [-0.2, -0.15) is 0 Å². The molecule has 5 heteroatoms. The second kappa shape index (κ2) is 5.71. The Balaban J connectivity index is 1.76. The van der Waals surface area contributed by atoms with Crippen molar-refractivity contribution in [2.45, 2.75) is 12.8 Å². The quantitative estimate of drug-likeness (QED) is 0.885. The fourth-order valence-electron chi connectivity index (χ4n) is 2.76. The number of hydrogen-bond donors (Lipinski definition) is 1. The molecule has 0 spiro atoms. The third-order valence-corrected chi connectivity index (χ3v) is 3.85. The lowest BCUT2D eigenvalue weighted by atomic mass is 9.98. The maximum atomic E-state index is 12.5. The van der Waals surface area contributed by atoms with Crippen LogP contribution in [0.25, 0.3) is 0 Å². The summed E-state index contributed by atoms with van der Waals surface area (Å²) in [5, 5.41) is 9.24. The van der Waals surface area contributed by atoms with Gasteiger partial charge in [-0.25, -0.2) is 0 Å². The first-order valence-corrected chi connectivity index (χ1v) is 7.07. The molecule has 0 aliphatic carbocycles. The van der Waals surface area contributed by atoms with Crippen LogP contribution in [0.2, 0.25) is 0 Å². The first-order chi connectivity index (χ1) is 9.78. The summed E-state index contributed by atoms with van der Waals surface area (Å²) in [6, 6.07) is 5.31. The van der Waals surface area contributed by atoms with Crippen molar-refractivity contribution in [1.29, 1.82) is 0 Å². The molecule has 108 valence electrons. The Bertz CT molecular complexity index is 503. The normalized spacial score (nSPS) is 21.6. The van der Waals surface area contributed by atoms with Crippen LogP contribution in [0, 0.1) is 5.92 Å². The van der Waals surface area contributed by atoms with Crippen LogP contribution in [0.5, 0.6) is 11.5 Å².